The zero-order valence-electron chi connectivity index (χ0n) is 13.7. The van der Waals surface area contributed by atoms with E-state index in [0.29, 0.717) is 11.5 Å². The monoisotopic (exact) mass is 292 g/mol. The summed E-state index contributed by atoms with van der Waals surface area (Å²) in [7, 11) is 0. The number of hydrogen-bond donors (Lipinski definition) is 1. The average Bonchev–Trinajstić information content (AvgIpc) is 3.21. The molecule has 1 spiro atoms. The van der Waals surface area contributed by atoms with E-state index in [2.05, 4.69) is 17.1 Å². The molecule has 1 heterocycles. The normalized spacial score (nSPS) is 36.4. The molecular formula is C18H32N2O. The third-order valence-corrected chi connectivity index (χ3v) is 6.68. The van der Waals surface area contributed by atoms with Crippen LogP contribution < -0.4 is 5.32 Å². The highest BCUT2D eigenvalue weighted by atomic mass is 16.5. The van der Waals surface area contributed by atoms with Crippen LogP contribution in [0.5, 0.6) is 0 Å². The maximum atomic E-state index is 5.97. The molecular weight excluding hydrogens is 260 g/mol. The van der Waals surface area contributed by atoms with Gasteiger partial charge in [0, 0.05) is 30.7 Å². The molecule has 3 nitrogen and oxygen atoms in total. The molecule has 0 unspecified atom stereocenters. The summed E-state index contributed by atoms with van der Waals surface area (Å²) in [5.74, 6) is 1.05. The molecule has 4 fully saturated rings. The van der Waals surface area contributed by atoms with Gasteiger partial charge in [-0.25, -0.2) is 0 Å². The third kappa shape index (κ3) is 2.77. The molecule has 2 atom stereocenters. The minimum absolute atomic E-state index is 0.529. The summed E-state index contributed by atoms with van der Waals surface area (Å²) >= 11 is 0. The van der Waals surface area contributed by atoms with Crippen molar-refractivity contribution in [2.75, 3.05) is 26.2 Å². The summed E-state index contributed by atoms with van der Waals surface area (Å²) in [4.78, 5) is 2.71. The molecule has 0 aromatic rings. The van der Waals surface area contributed by atoms with Gasteiger partial charge in [0.05, 0.1) is 6.10 Å². The van der Waals surface area contributed by atoms with Crippen molar-refractivity contribution in [3.63, 3.8) is 0 Å². The van der Waals surface area contributed by atoms with Crippen LogP contribution in [0.3, 0.4) is 0 Å². The highest BCUT2D eigenvalue weighted by molar-refractivity contribution is 5.12. The van der Waals surface area contributed by atoms with Crippen molar-refractivity contribution in [3.05, 3.63) is 0 Å². The lowest BCUT2D eigenvalue weighted by Crippen LogP contribution is -2.68. The van der Waals surface area contributed by atoms with Crippen LogP contribution in [0, 0.1) is 11.3 Å². The summed E-state index contributed by atoms with van der Waals surface area (Å²) in [6.45, 7) is 7.06. The number of piperidine rings is 1. The summed E-state index contributed by atoms with van der Waals surface area (Å²) in [5.41, 5.74) is 0.529. The Morgan fingerprint density at radius 3 is 2.48 bits per heavy atom. The molecule has 120 valence electrons. The molecule has 3 aliphatic carbocycles. The van der Waals surface area contributed by atoms with Crippen molar-refractivity contribution in [1.82, 2.24) is 10.2 Å². The Hall–Kier alpha value is -0.120. The summed E-state index contributed by atoms with van der Waals surface area (Å²) < 4.78 is 5.97. The van der Waals surface area contributed by atoms with Crippen molar-refractivity contribution in [1.29, 1.82) is 0 Å². The Labute approximate surface area is 129 Å². The number of nitrogens with zero attached hydrogens (tertiary/aromatic N) is 1. The van der Waals surface area contributed by atoms with Crippen LogP contribution in [-0.2, 0) is 4.74 Å². The fourth-order valence-corrected chi connectivity index (χ4v) is 4.90. The molecule has 0 aromatic carbocycles. The van der Waals surface area contributed by atoms with E-state index in [9.17, 15) is 0 Å². The van der Waals surface area contributed by atoms with Crippen LogP contribution in [0.4, 0.5) is 0 Å². The van der Waals surface area contributed by atoms with Gasteiger partial charge in [0.2, 0.25) is 0 Å². The first-order chi connectivity index (χ1) is 10.3. The van der Waals surface area contributed by atoms with Crippen molar-refractivity contribution in [3.8, 4) is 0 Å². The summed E-state index contributed by atoms with van der Waals surface area (Å²) in [6.07, 6.45) is 11.7. The highest BCUT2D eigenvalue weighted by Crippen LogP contribution is 2.57. The van der Waals surface area contributed by atoms with E-state index >= 15 is 0 Å². The highest BCUT2D eigenvalue weighted by Gasteiger charge is 2.59. The van der Waals surface area contributed by atoms with Gasteiger partial charge in [0.1, 0.15) is 0 Å². The third-order valence-electron chi connectivity index (χ3n) is 6.68. The smallest absolute Gasteiger partial charge is 0.0661 e. The van der Waals surface area contributed by atoms with E-state index in [1.807, 2.05) is 0 Å². The van der Waals surface area contributed by atoms with Gasteiger partial charge >= 0.3 is 0 Å². The van der Waals surface area contributed by atoms with Crippen LogP contribution in [0.25, 0.3) is 0 Å². The maximum absolute atomic E-state index is 5.97. The minimum Gasteiger partial charge on any atom is -0.378 e. The second-order valence-electron chi connectivity index (χ2n) is 8.00. The molecule has 21 heavy (non-hydrogen) atoms. The molecule has 4 rings (SSSR count). The standard InChI is InChI=1S/C18H32N2O/c1-2-21-17-12-16(18(17)8-3-9-18)19-15-6-10-20(11-7-15)13-14-4-5-14/h14-17,19H,2-13H2,1H3/t16-,17+/m0/s1. The number of hydrogen-bond acceptors (Lipinski definition) is 3. The van der Waals surface area contributed by atoms with E-state index < -0.39 is 0 Å². The Balaban J connectivity index is 1.24. The topological polar surface area (TPSA) is 24.5 Å². The molecule has 0 bridgehead atoms. The maximum Gasteiger partial charge on any atom is 0.0661 e. The van der Waals surface area contributed by atoms with E-state index in [1.54, 1.807) is 0 Å². The lowest BCUT2D eigenvalue weighted by molar-refractivity contribution is -0.175. The van der Waals surface area contributed by atoms with Gasteiger partial charge in [0.15, 0.2) is 0 Å². The van der Waals surface area contributed by atoms with E-state index in [4.69, 9.17) is 4.74 Å². The van der Waals surface area contributed by atoms with E-state index in [1.165, 1.54) is 71.0 Å². The quantitative estimate of drug-likeness (QED) is 0.815. The second-order valence-corrected chi connectivity index (χ2v) is 8.00. The van der Waals surface area contributed by atoms with Crippen molar-refractivity contribution < 1.29 is 4.74 Å². The molecule has 1 aliphatic heterocycles. The fraction of sp³-hybridized carbons (Fsp3) is 1.00. The zero-order chi connectivity index (χ0) is 14.3. The number of ether oxygens (including phenoxy) is 1. The summed E-state index contributed by atoms with van der Waals surface area (Å²) in [6, 6.07) is 1.52. The second kappa shape index (κ2) is 5.82. The Kier molecular flexibility index (Phi) is 4.01. The Bertz CT molecular complexity index is 356. The van der Waals surface area contributed by atoms with Gasteiger partial charge in [-0.15, -0.1) is 0 Å². The largest absolute Gasteiger partial charge is 0.378 e. The minimum atomic E-state index is 0.529. The van der Waals surface area contributed by atoms with Crippen molar-refractivity contribution >= 4 is 0 Å². The lowest BCUT2D eigenvalue weighted by Gasteiger charge is -2.62. The Morgan fingerprint density at radius 2 is 1.90 bits per heavy atom. The number of rotatable bonds is 6. The summed E-state index contributed by atoms with van der Waals surface area (Å²) in [5, 5.41) is 4.02. The predicted octanol–water partition coefficient (Wildman–Crippen LogP) is 2.80. The molecule has 4 aliphatic rings. The van der Waals surface area contributed by atoms with Gasteiger partial charge in [-0.3, -0.25) is 0 Å². The van der Waals surface area contributed by atoms with Gasteiger partial charge in [-0.1, -0.05) is 6.42 Å². The first-order valence-corrected chi connectivity index (χ1v) is 9.40. The van der Waals surface area contributed by atoms with Gasteiger partial charge < -0.3 is 15.0 Å². The molecule has 0 radical (unpaired) electrons. The first-order valence-electron chi connectivity index (χ1n) is 9.40. The van der Waals surface area contributed by atoms with E-state index in [0.717, 1.165) is 24.6 Å². The predicted molar refractivity (Wildman–Crippen MR) is 85.4 cm³/mol. The molecule has 1 N–H and O–H groups in total. The van der Waals surface area contributed by atoms with Crippen molar-refractivity contribution in [2.45, 2.75) is 76.5 Å². The average molecular weight is 292 g/mol. The molecule has 0 amide bonds. The van der Waals surface area contributed by atoms with Crippen LogP contribution in [0.2, 0.25) is 0 Å². The Morgan fingerprint density at radius 1 is 1.14 bits per heavy atom. The fourth-order valence-electron chi connectivity index (χ4n) is 4.90. The lowest BCUT2D eigenvalue weighted by atomic mass is 9.51. The SMILES string of the molecule is CCO[C@@H]1C[C@H](NC2CCN(CC3CC3)CC2)C12CCC2. The zero-order valence-corrected chi connectivity index (χ0v) is 13.7. The first kappa shape index (κ1) is 14.5. The molecule has 3 heteroatoms. The van der Waals surface area contributed by atoms with Crippen LogP contribution in [0.1, 0.15) is 58.3 Å². The van der Waals surface area contributed by atoms with Crippen LogP contribution >= 0.6 is 0 Å². The molecule has 0 aromatic heterocycles. The van der Waals surface area contributed by atoms with Gasteiger partial charge in [-0.05, 0) is 70.9 Å². The number of likely N-dealkylation sites (tertiary alicyclic amines) is 1. The van der Waals surface area contributed by atoms with Crippen LogP contribution in [-0.4, -0.2) is 49.3 Å². The molecule has 1 saturated heterocycles. The van der Waals surface area contributed by atoms with Gasteiger partial charge in [0.25, 0.3) is 0 Å². The van der Waals surface area contributed by atoms with Crippen LogP contribution in [0.15, 0.2) is 0 Å². The molecule has 3 saturated carbocycles. The van der Waals surface area contributed by atoms with E-state index in [-0.39, 0.29) is 0 Å². The van der Waals surface area contributed by atoms with Crippen molar-refractivity contribution in [2.24, 2.45) is 11.3 Å². The van der Waals surface area contributed by atoms with Gasteiger partial charge in [-0.2, -0.15) is 0 Å². The number of nitrogens with one attached hydrogen (secondary N) is 1.